The van der Waals surface area contributed by atoms with Gasteiger partial charge in [0.25, 0.3) is 0 Å². The van der Waals surface area contributed by atoms with Crippen LogP contribution in [0.1, 0.15) is 34.6 Å². The zero-order chi connectivity index (χ0) is 11.6. The van der Waals surface area contributed by atoms with E-state index in [1.807, 2.05) is 7.05 Å². The van der Waals surface area contributed by atoms with E-state index in [1.54, 1.807) is 0 Å². The van der Waals surface area contributed by atoms with Gasteiger partial charge in [-0.15, -0.1) is 0 Å². The summed E-state index contributed by atoms with van der Waals surface area (Å²) < 4.78 is 0. The monoisotopic (exact) mass is 203 g/mol. The molecule has 82 valence electrons. The Balaban J connectivity index is 3.25. The number of hydrogen-bond donors (Lipinski definition) is 0. The first-order valence-corrected chi connectivity index (χ1v) is 5.44. The number of nitrogens with zero attached hydrogens (tertiary/aromatic N) is 1. The summed E-state index contributed by atoms with van der Waals surface area (Å²) in [7, 11) is 1.85. The van der Waals surface area contributed by atoms with Crippen molar-refractivity contribution in [1.29, 1.82) is 0 Å². The van der Waals surface area contributed by atoms with E-state index in [2.05, 4.69) is 57.8 Å². The summed E-state index contributed by atoms with van der Waals surface area (Å²) in [6.07, 6.45) is 6.55. The lowest BCUT2D eigenvalue weighted by atomic mass is 9.78. The van der Waals surface area contributed by atoms with Crippen molar-refractivity contribution < 1.29 is 0 Å². The Hall–Kier alpha value is -1.11. The molecule has 0 aromatic heterocycles. The fourth-order valence-electron chi connectivity index (χ4n) is 1.95. The molecule has 1 nitrogen and oxygen atoms in total. The van der Waals surface area contributed by atoms with E-state index in [4.69, 9.17) is 0 Å². The number of hydrogen-bond acceptors (Lipinski definition) is 1. The standard InChI is InChI=1S/C14H21N/c1-7-11-8-10(2)12(14(3,4)5)9-13(11)15-6/h7-9H,1-6H3/b11-7-,15-13-. The van der Waals surface area contributed by atoms with Crippen molar-refractivity contribution in [1.82, 2.24) is 0 Å². The van der Waals surface area contributed by atoms with Gasteiger partial charge in [-0.3, -0.25) is 4.99 Å². The second-order valence-electron chi connectivity index (χ2n) is 4.99. The van der Waals surface area contributed by atoms with Gasteiger partial charge in [0.2, 0.25) is 0 Å². The van der Waals surface area contributed by atoms with Crippen LogP contribution in [0.3, 0.4) is 0 Å². The van der Waals surface area contributed by atoms with Gasteiger partial charge in [0.15, 0.2) is 0 Å². The highest BCUT2D eigenvalue weighted by atomic mass is 14.7. The van der Waals surface area contributed by atoms with Crippen LogP contribution in [0.15, 0.2) is 39.9 Å². The summed E-state index contributed by atoms with van der Waals surface area (Å²) in [5, 5.41) is 0. The lowest BCUT2D eigenvalue weighted by Gasteiger charge is -2.27. The van der Waals surface area contributed by atoms with Crippen molar-refractivity contribution in [3.8, 4) is 0 Å². The molecule has 1 aliphatic carbocycles. The summed E-state index contributed by atoms with van der Waals surface area (Å²) in [5.41, 5.74) is 5.24. The number of rotatable bonds is 0. The van der Waals surface area contributed by atoms with Gasteiger partial charge in [-0.1, -0.05) is 26.8 Å². The van der Waals surface area contributed by atoms with Gasteiger partial charge >= 0.3 is 0 Å². The molecule has 0 aromatic carbocycles. The highest BCUT2D eigenvalue weighted by molar-refractivity contribution is 6.12. The van der Waals surface area contributed by atoms with Gasteiger partial charge in [0.1, 0.15) is 0 Å². The van der Waals surface area contributed by atoms with Crippen LogP contribution in [0.4, 0.5) is 0 Å². The zero-order valence-electron chi connectivity index (χ0n) is 10.7. The molecule has 0 unspecified atom stereocenters. The van der Waals surface area contributed by atoms with Gasteiger partial charge in [0.05, 0.1) is 5.71 Å². The quantitative estimate of drug-likeness (QED) is 0.565. The van der Waals surface area contributed by atoms with Crippen molar-refractivity contribution in [3.05, 3.63) is 34.9 Å². The first-order chi connectivity index (χ1) is 6.90. The topological polar surface area (TPSA) is 12.4 Å². The second-order valence-corrected chi connectivity index (χ2v) is 4.99. The van der Waals surface area contributed by atoms with Crippen molar-refractivity contribution in [2.45, 2.75) is 34.6 Å². The minimum absolute atomic E-state index is 0.190. The molecule has 1 aliphatic rings. The molecule has 0 saturated heterocycles. The predicted molar refractivity (Wildman–Crippen MR) is 68.4 cm³/mol. The highest BCUT2D eigenvalue weighted by Gasteiger charge is 2.22. The Morgan fingerprint density at radius 3 is 2.20 bits per heavy atom. The Morgan fingerprint density at radius 1 is 1.20 bits per heavy atom. The molecule has 0 fully saturated rings. The molecule has 1 heteroatoms. The molecule has 0 bridgehead atoms. The third-order valence-corrected chi connectivity index (χ3v) is 2.73. The van der Waals surface area contributed by atoms with E-state index in [0.29, 0.717) is 0 Å². The molecule has 0 atom stereocenters. The molecular formula is C14H21N. The lowest BCUT2D eigenvalue weighted by molar-refractivity contribution is 0.510. The molecule has 0 N–H and O–H groups in total. The van der Waals surface area contributed by atoms with Crippen LogP contribution in [0.25, 0.3) is 0 Å². The molecule has 0 aromatic rings. The van der Waals surface area contributed by atoms with Crippen LogP contribution in [0, 0.1) is 5.41 Å². The average Bonchev–Trinajstić information content (AvgIpc) is 2.15. The van der Waals surface area contributed by atoms with Gasteiger partial charge in [0, 0.05) is 7.05 Å². The molecule has 0 aliphatic heterocycles. The second kappa shape index (κ2) is 4.18. The SMILES string of the molecule is C/C=C1/C=C(C)C(C(C)(C)C)=C/C1=N/C. The lowest BCUT2D eigenvalue weighted by Crippen LogP contribution is -2.16. The molecule has 0 saturated carbocycles. The maximum Gasteiger partial charge on any atom is 0.0642 e. The molecular weight excluding hydrogens is 182 g/mol. The normalized spacial score (nSPS) is 23.1. The van der Waals surface area contributed by atoms with Crippen molar-refractivity contribution in [2.24, 2.45) is 10.4 Å². The van der Waals surface area contributed by atoms with Crippen molar-refractivity contribution >= 4 is 5.71 Å². The fourth-order valence-corrected chi connectivity index (χ4v) is 1.95. The fraction of sp³-hybridized carbons (Fsp3) is 0.500. The van der Waals surface area contributed by atoms with Crippen LogP contribution in [0.2, 0.25) is 0 Å². The third kappa shape index (κ3) is 2.47. The van der Waals surface area contributed by atoms with Gasteiger partial charge in [-0.2, -0.15) is 0 Å². The van der Waals surface area contributed by atoms with Crippen LogP contribution in [-0.2, 0) is 0 Å². The van der Waals surface area contributed by atoms with Crippen LogP contribution in [-0.4, -0.2) is 12.8 Å². The predicted octanol–water partition coefficient (Wildman–Crippen LogP) is 3.94. The maximum atomic E-state index is 4.33. The van der Waals surface area contributed by atoms with Crippen LogP contribution < -0.4 is 0 Å². The van der Waals surface area contributed by atoms with Gasteiger partial charge in [-0.05, 0) is 48.1 Å². The van der Waals surface area contributed by atoms with Gasteiger partial charge in [-0.25, -0.2) is 0 Å². The van der Waals surface area contributed by atoms with Crippen molar-refractivity contribution in [2.75, 3.05) is 7.05 Å². The Morgan fingerprint density at radius 2 is 1.80 bits per heavy atom. The summed E-state index contributed by atoms with van der Waals surface area (Å²) in [5.74, 6) is 0. The van der Waals surface area contributed by atoms with Crippen LogP contribution >= 0.6 is 0 Å². The minimum atomic E-state index is 0.190. The van der Waals surface area contributed by atoms with E-state index >= 15 is 0 Å². The number of allylic oxidation sites excluding steroid dienone is 6. The molecule has 0 radical (unpaired) electrons. The molecule has 0 heterocycles. The van der Waals surface area contributed by atoms with E-state index < -0.39 is 0 Å². The molecule has 0 spiro atoms. The Bertz CT molecular complexity index is 371. The summed E-state index contributed by atoms with van der Waals surface area (Å²) in [4.78, 5) is 4.33. The first kappa shape index (κ1) is 12.0. The van der Waals surface area contributed by atoms with Gasteiger partial charge < -0.3 is 0 Å². The molecule has 15 heavy (non-hydrogen) atoms. The highest BCUT2D eigenvalue weighted by Crippen LogP contribution is 2.34. The van der Waals surface area contributed by atoms with Crippen LogP contribution in [0.5, 0.6) is 0 Å². The summed E-state index contributed by atoms with van der Waals surface area (Å²) >= 11 is 0. The zero-order valence-corrected chi connectivity index (χ0v) is 10.7. The third-order valence-electron chi connectivity index (χ3n) is 2.73. The smallest absolute Gasteiger partial charge is 0.0642 e. The van der Waals surface area contributed by atoms with E-state index in [9.17, 15) is 0 Å². The molecule has 1 rings (SSSR count). The maximum absolute atomic E-state index is 4.33. The Kier molecular flexibility index (Phi) is 3.33. The van der Waals surface area contributed by atoms with E-state index in [1.165, 1.54) is 16.7 Å². The summed E-state index contributed by atoms with van der Waals surface area (Å²) in [6, 6.07) is 0. The number of aliphatic imine (C=N–C) groups is 1. The first-order valence-electron chi connectivity index (χ1n) is 5.44. The molecule has 0 amide bonds. The van der Waals surface area contributed by atoms with E-state index in [-0.39, 0.29) is 5.41 Å². The average molecular weight is 203 g/mol. The largest absolute Gasteiger partial charge is 0.288 e. The Labute approximate surface area is 93.3 Å². The van der Waals surface area contributed by atoms with E-state index in [0.717, 1.165) is 5.71 Å². The minimum Gasteiger partial charge on any atom is -0.288 e. The van der Waals surface area contributed by atoms with Crippen molar-refractivity contribution in [3.63, 3.8) is 0 Å². The summed E-state index contributed by atoms with van der Waals surface area (Å²) in [6.45, 7) is 10.9.